The number of benzene rings is 1. The monoisotopic (exact) mass is 274 g/mol. The van der Waals surface area contributed by atoms with Gasteiger partial charge in [-0.15, -0.1) is 0 Å². The zero-order chi connectivity index (χ0) is 14.1. The summed E-state index contributed by atoms with van der Waals surface area (Å²) in [6.45, 7) is 6.15. The summed E-state index contributed by atoms with van der Waals surface area (Å²) >= 11 is 0. The highest BCUT2D eigenvalue weighted by Crippen LogP contribution is 2.24. The Kier molecular flexibility index (Phi) is 3.63. The second-order valence-corrected chi connectivity index (χ2v) is 5.86. The van der Waals surface area contributed by atoms with Gasteiger partial charge in [0, 0.05) is 52.0 Å². The summed E-state index contributed by atoms with van der Waals surface area (Å²) in [5, 5.41) is 2.95. The molecule has 2 amide bonds. The number of hydrogen-bond donors (Lipinski definition) is 1. The molecule has 0 saturated carbocycles. The van der Waals surface area contributed by atoms with Gasteiger partial charge in [-0.25, -0.2) is 4.79 Å². The van der Waals surface area contributed by atoms with Gasteiger partial charge in [0.2, 0.25) is 0 Å². The van der Waals surface area contributed by atoms with Crippen LogP contribution in [0.25, 0.3) is 0 Å². The Labute approximate surface area is 120 Å². The van der Waals surface area contributed by atoms with Gasteiger partial charge in [0.25, 0.3) is 0 Å². The van der Waals surface area contributed by atoms with E-state index in [1.807, 2.05) is 7.05 Å². The molecule has 1 N–H and O–H groups in total. The summed E-state index contributed by atoms with van der Waals surface area (Å²) in [4.78, 5) is 18.2. The fourth-order valence-electron chi connectivity index (χ4n) is 2.78. The maximum absolute atomic E-state index is 11.7. The largest absolute Gasteiger partial charge is 0.323 e. The number of piperazine rings is 1. The van der Waals surface area contributed by atoms with E-state index in [9.17, 15) is 4.79 Å². The van der Waals surface area contributed by atoms with Crippen molar-refractivity contribution in [2.75, 3.05) is 45.6 Å². The molecule has 1 aromatic rings. The summed E-state index contributed by atoms with van der Waals surface area (Å²) in [5.41, 5.74) is 3.44. The van der Waals surface area contributed by atoms with Gasteiger partial charge in [0.05, 0.1) is 0 Å². The van der Waals surface area contributed by atoms with Gasteiger partial charge in [-0.1, -0.05) is 12.1 Å². The van der Waals surface area contributed by atoms with Crippen molar-refractivity contribution in [2.45, 2.75) is 13.1 Å². The molecule has 2 heterocycles. The van der Waals surface area contributed by atoms with Crippen LogP contribution in [0.15, 0.2) is 18.2 Å². The zero-order valence-electron chi connectivity index (χ0n) is 12.2. The third-order valence-electron chi connectivity index (χ3n) is 4.17. The highest BCUT2D eigenvalue weighted by molar-refractivity contribution is 5.92. The second kappa shape index (κ2) is 5.42. The van der Waals surface area contributed by atoms with E-state index in [0.717, 1.165) is 38.4 Å². The zero-order valence-corrected chi connectivity index (χ0v) is 12.2. The van der Waals surface area contributed by atoms with Gasteiger partial charge in [0.15, 0.2) is 0 Å². The number of hydrogen-bond acceptors (Lipinski definition) is 3. The fourth-order valence-corrected chi connectivity index (χ4v) is 2.78. The highest BCUT2D eigenvalue weighted by Gasteiger charge is 2.20. The summed E-state index contributed by atoms with van der Waals surface area (Å²) < 4.78 is 0. The molecule has 20 heavy (non-hydrogen) atoms. The van der Waals surface area contributed by atoms with Crippen molar-refractivity contribution in [3.8, 4) is 0 Å². The number of carbonyl (C=O) groups is 1. The average molecular weight is 274 g/mol. The summed E-state index contributed by atoms with van der Waals surface area (Å²) in [7, 11) is 3.98. The molecule has 5 heteroatoms. The molecule has 1 fully saturated rings. The summed E-state index contributed by atoms with van der Waals surface area (Å²) in [6.07, 6.45) is 0. The number of anilines is 1. The quantitative estimate of drug-likeness (QED) is 0.886. The molecule has 0 atom stereocenters. The Hall–Kier alpha value is -1.59. The van der Waals surface area contributed by atoms with Crippen molar-refractivity contribution in [1.82, 2.24) is 14.7 Å². The number of urea groups is 1. The third-order valence-corrected chi connectivity index (χ3v) is 4.17. The molecule has 0 radical (unpaired) electrons. The lowest BCUT2D eigenvalue weighted by atomic mass is 10.1. The van der Waals surface area contributed by atoms with Crippen LogP contribution < -0.4 is 5.32 Å². The topological polar surface area (TPSA) is 38.8 Å². The van der Waals surface area contributed by atoms with Crippen LogP contribution in [-0.2, 0) is 13.1 Å². The maximum Gasteiger partial charge on any atom is 0.321 e. The minimum absolute atomic E-state index is 0.0192. The molecule has 0 spiro atoms. The first-order chi connectivity index (χ1) is 9.61. The summed E-state index contributed by atoms with van der Waals surface area (Å²) in [5.74, 6) is 0. The lowest BCUT2D eigenvalue weighted by Crippen LogP contribution is -2.43. The molecule has 1 aromatic carbocycles. The van der Waals surface area contributed by atoms with E-state index in [-0.39, 0.29) is 6.03 Å². The lowest BCUT2D eigenvalue weighted by molar-refractivity contribution is 0.148. The molecule has 2 aliphatic heterocycles. The van der Waals surface area contributed by atoms with Crippen LogP contribution in [0.5, 0.6) is 0 Å². The fraction of sp³-hybridized carbons (Fsp3) is 0.533. The van der Waals surface area contributed by atoms with Crippen molar-refractivity contribution in [1.29, 1.82) is 0 Å². The second-order valence-electron chi connectivity index (χ2n) is 5.86. The standard InChI is InChI=1S/C15H22N4O/c1-17-5-7-19(8-6-17)10-12-3-4-13-11-18(2)15(20)16-14(13)9-12/h3-4,9H,5-8,10-11H2,1-2H3,(H,16,20). The first kappa shape index (κ1) is 13.4. The molecule has 0 aliphatic carbocycles. The van der Waals surface area contributed by atoms with Crippen LogP contribution in [0.4, 0.5) is 10.5 Å². The number of nitrogens with zero attached hydrogens (tertiary/aromatic N) is 3. The number of fused-ring (bicyclic) bond motifs is 1. The van der Waals surface area contributed by atoms with Crippen molar-refractivity contribution in [2.24, 2.45) is 0 Å². The van der Waals surface area contributed by atoms with Gasteiger partial charge < -0.3 is 15.1 Å². The van der Waals surface area contributed by atoms with E-state index in [1.54, 1.807) is 4.90 Å². The van der Waals surface area contributed by atoms with E-state index in [1.165, 1.54) is 11.1 Å². The predicted molar refractivity (Wildman–Crippen MR) is 79.7 cm³/mol. The molecule has 0 bridgehead atoms. The molecular formula is C15H22N4O. The van der Waals surface area contributed by atoms with Gasteiger partial charge in [-0.05, 0) is 24.2 Å². The van der Waals surface area contributed by atoms with Crippen LogP contribution in [0.1, 0.15) is 11.1 Å². The van der Waals surface area contributed by atoms with Crippen LogP contribution in [-0.4, -0.2) is 61.0 Å². The average Bonchev–Trinajstić information content (AvgIpc) is 2.43. The maximum atomic E-state index is 11.7. The van der Waals surface area contributed by atoms with E-state index >= 15 is 0 Å². The first-order valence-corrected chi connectivity index (χ1v) is 7.16. The Morgan fingerprint density at radius 1 is 1.15 bits per heavy atom. The van der Waals surface area contributed by atoms with Crippen molar-refractivity contribution in [3.05, 3.63) is 29.3 Å². The lowest BCUT2D eigenvalue weighted by Gasteiger charge is -2.32. The van der Waals surface area contributed by atoms with E-state index < -0.39 is 0 Å². The molecule has 1 saturated heterocycles. The summed E-state index contributed by atoms with van der Waals surface area (Å²) in [6, 6.07) is 6.42. The number of amides is 2. The van der Waals surface area contributed by atoms with E-state index in [2.05, 4.69) is 40.4 Å². The van der Waals surface area contributed by atoms with Crippen molar-refractivity contribution < 1.29 is 4.79 Å². The number of rotatable bonds is 2. The Morgan fingerprint density at radius 2 is 1.90 bits per heavy atom. The molecular weight excluding hydrogens is 252 g/mol. The van der Waals surface area contributed by atoms with Crippen molar-refractivity contribution in [3.63, 3.8) is 0 Å². The Bertz CT molecular complexity index is 509. The minimum atomic E-state index is -0.0192. The normalized spacial score (nSPS) is 20.7. The van der Waals surface area contributed by atoms with E-state index in [4.69, 9.17) is 0 Å². The van der Waals surface area contributed by atoms with Crippen LogP contribution >= 0.6 is 0 Å². The van der Waals surface area contributed by atoms with Gasteiger partial charge in [-0.3, -0.25) is 4.90 Å². The Morgan fingerprint density at radius 3 is 2.65 bits per heavy atom. The molecule has 0 unspecified atom stereocenters. The van der Waals surface area contributed by atoms with Crippen LogP contribution in [0.3, 0.4) is 0 Å². The van der Waals surface area contributed by atoms with Gasteiger partial charge >= 0.3 is 6.03 Å². The van der Waals surface area contributed by atoms with Crippen molar-refractivity contribution >= 4 is 11.7 Å². The van der Waals surface area contributed by atoms with E-state index in [0.29, 0.717) is 6.54 Å². The SMILES string of the molecule is CN1CCN(Cc2ccc3c(c2)NC(=O)N(C)C3)CC1. The number of nitrogens with one attached hydrogen (secondary N) is 1. The first-order valence-electron chi connectivity index (χ1n) is 7.16. The smallest absolute Gasteiger partial charge is 0.321 e. The van der Waals surface area contributed by atoms with Gasteiger partial charge in [0.1, 0.15) is 0 Å². The molecule has 5 nitrogen and oxygen atoms in total. The molecule has 108 valence electrons. The Balaban J connectivity index is 1.69. The number of carbonyl (C=O) groups excluding carboxylic acids is 1. The molecule has 0 aromatic heterocycles. The number of likely N-dealkylation sites (N-methyl/N-ethyl adjacent to an activating group) is 1. The van der Waals surface area contributed by atoms with Crippen LogP contribution in [0, 0.1) is 0 Å². The van der Waals surface area contributed by atoms with Gasteiger partial charge in [-0.2, -0.15) is 0 Å². The molecule has 2 aliphatic rings. The third kappa shape index (κ3) is 2.78. The predicted octanol–water partition coefficient (Wildman–Crippen LogP) is 1.41. The highest BCUT2D eigenvalue weighted by atomic mass is 16.2. The minimum Gasteiger partial charge on any atom is -0.323 e. The molecule has 3 rings (SSSR count). The van der Waals surface area contributed by atoms with Crippen LogP contribution in [0.2, 0.25) is 0 Å².